The van der Waals surface area contributed by atoms with Gasteiger partial charge in [0, 0.05) is 23.7 Å². The Morgan fingerprint density at radius 3 is 2.89 bits per heavy atom. The minimum Gasteiger partial charge on any atom is -0.379 e. The van der Waals surface area contributed by atoms with Crippen LogP contribution in [0.5, 0.6) is 0 Å². The second-order valence-corrected chi connectivity index (χ2v) is 9.45. The van der Waals surface area contributed by atoms with E-state index in [1.807, 2.05) is 26.0 Å². The normalized spacial score (nSPS) is 22.2. The number of anilines is 1. The van der Waals surface area contributed by atoms with Gasteiger partial charge < -0.3 is 11.1 Å². The van der Waals surface area contributed by atoms with Gasteiger partial charge in [-0.3, -0.25) is 14.5 Å². The van der Waals surface area contributed by atoms with E-state index in [4.69, 9.17) is 5.73 Å². The molecule has 0 spiro atoms. The van der Waals surface area contributed by atoms with Gasteiger partial charge in [0.15, 0.2) is 5.17 Å². The molecule has 1 aliphatic rings. The number of hydrogen-bond donors (Lipinski definition) is 2. The van der Waals surface area contributed by atoms with Crippen molar-refractivity contribution in [2.24, 2.45) is 16.6 Å². The fourth-order valence-corrected chi connectivity index (χ4v) is 4.57. The lowest BCUT2D eigenvalue weighted by Crippen LogP contribution is -2.33. The zero-order chi connectivity index (χ0) is 20.5. The summed E-state index contributed by atoms with van der Waals surface area (Å²) in [4.78, 5) is 22.0. The molecule has 3 rings (SSSR count). The molecule has 1 aliphatic heterocycles. The highest BCUT2D eigenvalue weighted by Gasteiger charge is 2.34. The summed E-state index contributed by atoms with van der Waals surface area (Å²) in [6.45, 7) is 11.0. The van der Waals surface area contributed by atoms with E-state index in [0.717, 1.165) is 17.8 Å². The number of aryl methyl sites for hydroxylation is 1. The average Bonchev–Trinajstić information content (AvgIpc) is 2.93. The summed E-state index contributed by atoms with van der Waals surface area (Å²) in [7, 11) is 0. The molecule has 3 N–H and O–H groups in total. The molecule has 0 saturated heterocycles. The van der Waals surface area contributed by atoms with E-state index in [2.05, 4.69) is 41.2 Å². The third kappa shape index (κ3) is 4.55. The number of carbonyl (C=O) groups excluding carboxylic acids is 1. The molecular weight excluding hydrogens is 372 g/mol. The number of nitrogens with one attached hydrogen (secondary N) is 1. The molecule has 0 aromatic carbocycles. The van der Waals surface area contributed by atoms with Gasteiger partial charge in [-0.25, -0.2) is 4.99 Å². The number of amides is 1. The van der Waals surface area contributed by atoms with Crippen molar-refractivity contribution in [2.75, 3.05) is 5.32 Å². The second-order valence-electron chi connectivity index (χ2n) is 7.99. The van der Waals surface area contributed by atoms with Crippen LogP contribution >= 0.6 is 11.8 Å². The number of nitrogens with zero attached hydrogens (tertiary/aromatic N) is 4. The van der Waals surface area contributed by atoms with Gasteiger partial charge in [0.25, 0.3) is 5.91 Å². The molecule has 2 atom stereocenters. The maximum atomic E-state index is 12.9. The van der Waals surface area contributed by atoms with Crippen LogP contribution in [0.1, 0.15) is 56.0 Å². The molecule has 8 heteroatoms. The zero-order valence-electron chi connectivity index (χ0n) is 17.1. The van der Waals surface area contributed by atoms with Crippen molar-refractivity contribution < 1.29 is 4.79 Å². The lowest BCUT2D eigenvalue weighted by Gasteiger charge is -2.32. The maximum absolute atomic E-state index is 12.9. The number of aliphatic imine (C=N–C) groups is 1. The highest BCUT2D eigenvalue weighted by molar-refractivity contribution is 8.14. The Hall–Kier alpha value is -2.35. The molecule has 7 nitrogen and oxygen atoms in total. The minimum atomic E-state index is -0.495. The van der Waals surface area contributed by atoms with Gasteiger partial charge in [-0.2, -0.15) is 5.10 Å². The summed E-state index contributed by atoms with van der Waals surface area (Å²) in [5, 5.41) is 8.35. The minimum absolute atomic E-state index is 0.181. The Morgan fingerprint density at radius 1 is 1.46 bits per heavy atom. The topological polar surface area (TPSA) is 98.2 Å². The van der Waals surface area contributed by atoms with E-state index in [-0.39, 0.29) is 5.91 Å². The van der Waals surface area contributed by atoms with E-state index in [1.54, 1.807) is 28.7 Å². The number of nitrogens with two attached hydrogens (primary N) is 1. The van der Waals surface area contributed by atoms with E-state index >= 15 is 0 Å². The average molecular weight is 401 g/mol. The Kier molecular flexibility index (Phi) is 5.79. The SMILES string of the molecule is Cc1cc(C(=O)Nc2ccnc([C@]3(C)C[C@@H](C)SC(N)=N3)c2)n(CC(C)C)n1. The summed E-state index contributed by atoms with van der Waals surface area (Å²) in [6, 6.07) is 5.48. The van der Waals surface area contributed by atoms with E-state index < -0.39 is 5.54 Å². The van der Waals surface area contributed by atoms with E-state index in [1.165, 1.54) is 0 Å². The van der Waals surface area contributed by atoms with Crippen molar-refractivity contribution in [3.8, 4) is 0 Å². The molecule has 1 amide bonds. The van der Waals surface area contributed by atoms with Gasteiger partial charge in [-0.05, 0) is 44.4 Å². The predicted molar refractivity (Wildman–Crippen MR) is 115 cm³/mol. The molecular formula is C20H28N6OS. The summed E-state index contributed by atoms with van der Waals surface area (Å²) < 4.78 is 1.77. The van der Waals surface area contributed by atoms with Gasteiger partial charge in [0.2, 0.25) is 0 Å². The number of amidine groups is 1. The van der Waals surface area contributed by atoms with Gasteiger partial charge in [0.05, 0.1) is 11.4 Å². The Balaban J connectivity index is 1.84. The van der Waals surface area contributed by atoms with Crippen LogP contribution < -0.4 is 11.1 Å². The predicted octanol–water partition coefficient (Wildman–Crippen LogP) is 3.55. The van der Waals surface area contributed by atoms with Crippen molar-refractivity contribution in [1.82, 2.24) is 14.8 Å². The highest BCUT2D eigenvalue weighted by Crippen LogP contribution is 2.38. The standard InChI is InChI=1S/C20H28N6OS/c1-12(2)11-26-16(8-13(3)25-26)18(27)23-15-6-7-22-17(9-15)20(5)10-14(4)28-19(21)24-20/h6-9,12,14H,10-11H2,1-5H3,(H2,21,24)(H,22,23,27)/t14-,20+/m1/s1. The molecule has 0 bridgehead atoms. The maximum Gasteiger partial charge on any atom is 0.273 e. The monoisotopic (exact) mass is 400 g/mol. The molecule has 3 heterocycles. The lowest BCUT2D eigenvalue weighted by atomic mass is 9.91. The van der Waals surface area contributed by atoms with Crippen molar-refractivity contribution in [3.63, 3.8) is 0 Å². The van der Waals surface area contributed by atoms with Crippen LogP contribution in [0.15, 0.2) is 29.4 Å². The summed E-state index contributed by atoms with van der Waals surface area (Å²) in [6.07, 6.45) is 2.54. The molecule has 0 aliphatic carbocycles. The van der Waals surface area contributed by atoms with Crippen LogP contribution in [0.25, 0.3) is 0 Å². The fraction of sp³-hybridized carbons (Fsp3) is 0.500. The number of hydrogen-bond acceptors (Lipinski definition) is 6. The fourth-order valence-electron chi connectivity index (χ4n) is 3.50. The van der Waals surface area contributed by atoms with Gasteiger partial charge in [-0.1, -0.05) is 32.5 Å². The Morgan fingerprint density at radius 2 is 2.21 bits per heavy atom. The van der Waals surface area contributed by atoms with Gasteiger partial charge in [-0.15, -0.1) is 0 Å². The van der Waals surface area contributed by atoms with Crippen molar-refractivity contribution in [3.05, 3.63) is 41.5 Å². The summed E-state index contributed by atoms with van der Waals surface area (Å²) in [5.74, 6) is 0.215. The Labute approximate surface area is 170 Å². The summed E-state index contributed by atoms with van der Waals surface area (Å²) >= 11 is 1.58. The van der Waals surface area contributed by atoms with Crippen LogP contribution in [-0.2, 0) is 12.1 Å². The molecule has 28 heavy (non-hydrogen) atoms. The van der Waals surface area contributed by atoms with Crippen molar-refractivity contribution in [1.29, 1.82) is 0 Å². The van der Waals surface area contributed by atoms with Crippen molar-refractivity contribution in [2.45, 2.75) is 58.4 Å². The number of rotatable bonds is 5. The highest BCUT2D eigenvalue weighted by atomic mass is 32.2. The molecule has 0 saturated carbocycles. The smallest absolute Gasteiger partial charge is 0.273 e. The molecule has 150 valence electrons. The third-order valence-electron chi connectivity index (χ3n) is 4.61. The lowest BCUT2D eigenvalue weighted by molar-refractivity contribution is 0.101. The van der Waals surface area contributed by atoms with E-state index in [0.29, 0.717) is 34.3 Å². The molecule has 0 fully saturated rings. The second kappa shape index (κ2) is 7.95. The van der Waals surface area contributed by atoms with Crippen LogP contribution in [0.2, 0.25) is 0 Å². The molecule has 0 radical (unpaired) electrons. The first-order chi connectivity index (χ1) is 13.2. The van der Waals surface area contributed by atoms with Gasteiger partial charge >= 0.3 is 0 Å². The van der Waals surface area contributed by atoms with E-state index in [9.17, 15) is 4.79 Å². The number of thioether (sulfide) groups is 1. The summed E-state index contributed by atoms with van der Waals surface area (Å²) in [5.41, 5.74) is 8.37. The zero-order valence-corrected chi connectivity index (χ0v) is 17.9. The first kappa shape index (κ1) is 20.4. The Bertz CT molecular complexity index is 906. The molecule has 2 aromatic rings. The van der Waals surface area contributed by atoms with Crippen LogP contribution in [-0.4, -0.2) is 31.1 Å². The van der Waals surface area contributed by atoms with Crippen molar-refractivity contribution >= 4 is 28.5 Å². The quantitative estimate of drug-likeness (QED) is 0.800. The van der Waals surface area contributed by atoms with Crippen LogP contribution in [0, 0.1) is 12.8 Å². The molecule has 2 aromatic heterocycles. The first-order valence-electron chi connectivity index (χ1n) is 9.50. The number of pyridine rings is 1. The van der Waals surface area contributed by atoms with Crippen LogP contribution in [0.3, 0.4) is 0 Å². The number of aromatic nitrogens is 3. The van der Waals surface area contributed by atoms with Crippen LogP contribution in [0.4, 0.5) is 5.69 Å². The largest absolute Gasteiger partial charge is 0.379 e. The third-order valence-corrected chi connectivity index (χ3v) is 5.51. The molecule has 0 unspecified atom stereocenters. The number of carbonyl (C=O) groups is 1. The first-order valence-corrected chi connectivity index (χ1v) is 10.4. The van der Waals surface area contributed by atoms with Gasteiger partial charge in [0.1, 0.15) is 11.2 Å².